The van der Waals surface area contributed by atoms with Gasteiger partial charge in [0, 0.05) is 5.33 Å². The fourth-order valence-electron chi connectivity index (χ4n) is 0.655. The van der Waals surface area contributed by atoms with E-state index >= 15 is 0 Å². The van der Waals surface area contributed by atoms with Crippen molar-refractivity contribution in [2.24, 2.45) is 0 Å². The smallest absolute Gasteiger partial charge is 0.394 e. The Bertz CT molecular complexity index is 271. The number of oxazole rings is 1. The zero-order chi connectivity index (χ0) is 8.97. The van der Waals surface area contributed by atoms with Crippen LogP contribution in [0.1, 0.15) is 23.3 Å². The SMILES string of the molecule is CCOC(=O)c1nc(CBr)co1. The number of esters is 1. The molecule has 1 aromatic heterocycles. The van der Waals surface area contributed by atoms with Crippen LogP contribution in [0.25, 0.3) is 0 Å². The number of carbonyl (C=O) groups excluding carboxylic acids is 1. The maximum absolute atomic E-state index is 11.0. The van der Waals surface area contributed by atoms with E-state index in [-0.39, 0.29) is 5.89 Å². The highest BCUT2D eigenvalue weighted by molar-refractivity contribution is 9.08. The zero-order valence-corrected chi connectivity index (χ0v) is 8.13. The van der Waals surface area contributed by atoms with Gasteiger partial charge in [-0.15, -0.1) is 0 Å². The molecule has 0 radical (unpaired) electrons. The molecular formula is C7H8BrNO3. The molecule has 0 atom stereocenters. The van der Waals surface area contributed by atoms with Gasteiger partial charge in [-0.2, -0.15) is 0 Å². The van der Waals surface area contributed by atoms with Crippen LogP contribution in [0.5, 0.6) is 0 Å². The van der Waals surface area contributed by atoms with Gasteiger partial charge in [-0.3, -0.25) is 0 Å². The van der Waals surface area contributed by atoms with Crippen molar-refractivity contribution in [3.8, 4) is 0 Å². The molecule has 5 heteroatoms. The van der Waals surface area contributed by atoms with Gasteiger partial charge in [0.25, 0.3) is 0 Å². The van der Waals surface area contributed by atoms with Gasteiger partial charge in [0.1, 0.15) is 6.26 Å². The number of alkyl halides is 1. The lowest BCUT2D eigenvalue weighted by Crippen LogP contribution is -2.04. The number of aromatic nitrogens is 1. The lowest BCUT2D eigenvalue weighted by molar-refractivity contribution is 0.0481. The van der Waals surface area contributed by atoms with Gasteiger partial charge in [-0.05, 0) is 6.92 Å². The number of nitrogens with zero attached hydrogens (tertiary/aromatic N) is 1. The van der Waals surface area contributed by atoms with Crippen LogP contribution < -0.4 is 0 Å². The van der Waals surface area contributed by atoms with E-state index in [4.69, 9.17) is 4.42 Å². The highest BCUT2D eigenvalue weighted by Gasteiger charge is 2.13. The van der Waals surface area contributed by atoms with Crippen molar-refractivity contribution in [1.29, 1.82) is 0 Å². The summed E-state index contributed by atoms with van der Waals surface area (Å²) in [6.45, 7) is 2.05. The molecule has 0 bridgehead atoms. The summed E-state index contributed by atoms with van der Waals surface area (Å²) < 4.78 is 9.53. The van der Waals surface area contributed by atoms with Crippen molar-refractivity contribution >= 4 is 21.9 Å². The van der Waals surface area contributed by atoms with Crippen molar-refractivity contribution < 1.29 is 13.9 Å². The highest BCUT2D eigenvalue weighted by Crippen LogP contribution is 2.06. The van der Waals surface area contributed by atoms with Crippen LogP contribution in [0.3, 0.4) is 0 Å². The Kier molecular flexibility index (Phi) is 3.28. The topological polar surface area (TPSA) is 52.3 Å². The van der Waals surface area contributed by atoms with Crippen molar-refractivity contribution in [2.75, 3.05) is 6.61 Å². The average Bonchev–Trinajstić information content (AvgIpc) is 2.52. The maximum atomic E-state index is 11.0. The summed E-state index contributed by atoms with van der Waals surface area (Å²) in [5.41, 5.74) is 0.679. The molecule has 12 heavy (non-hydrogen) atoms. The summed E-state index contributed by atoms with van der Waals surface area (Å²) in [6.07, 6.45) is 1.42. The van der Waals surface area contributed by atoms with Gasteiger partial charge < -0.3 is 9.15 Å². The normalized spacial score (nSPS) is 9.83. The first kappa shape index (κ1) is 9.25. The molecule has 0 saturated heterocycles. The van der Waals surface area contributed by atoms with Crippen LogP contribution in [0.4, 0.5) is 0 Å². The monoisotopic (exact) mass is 233 g/mol. The molecule has 0 saturated carbocycles. The number of carbonyl (C=O) groups is 1. The van der Waals surface area contributed by atoms with E-state index in [2.05, 4.69) is 25.7 Å². The minimum atomic E-state index is -0.523. The van der Waals surface area contributed by atoms with Gasteiger partial charge in [0.15, 0.2) is 0 Å². The molecule has 1 aromatic rings. The Morgan fingerprint density at radius 1 is 1.83 bits per heavy atom. The highest BCUT2D eigenvalue weighted by atomic mass is 79.9. The minimum Gasteiger partial charge on any atom is -0.459 e. The largest absolute Gasteiger partial charge is 0.459 e. The third-order valence-corrected chi connectivity index (χ3v) is 1.71. The second kappa shape index (κ2) is 4.25. The second-order valence-electron chi connectivity index (χ2n) is 2.00. The van der Waals surface area contributed by atoms with E-state index in [9.17, 15) is 4.79 Å². The number of hydrogen-bond acceptors (Lipinski definition) is 4. The molecule has 1 rings (SSSR count). The molecule has 0 unspecified atom stereocenters. The predicted octanol–water partition coefficient (Wildman–Crippen LogP) is 1.75. The summed E-state index contributed by atoms with van der Waals surface area (Å²) in [7, 11) is 0. The lowest BCUT2D eigenvalue weighted by Gasteiger charge is -1.94. The van der Waals surface area contributed by atoms with Crippen LogP contribution in [-0.4, -0.2) is 17.6 Å². The Labute approximate surface area is 78.0 Å². The molecule has 0 aliphatic carbocycles. The van der Waals surface area contributed by atoms with Crippen molar-refractivity contribution in [3.05, 3.63) is 17.8 Å². The fraction of sp³-hybridized carbons (Fsp3) is 0.429. The molecule has 0 fully saturated rings. The predicted molar refractivity (Wildman–Crippen MR) is 45.1 cm³/mol. The molecule has 0 N–H and O–H groups in total. The van der Waals surface area contributed by atoms with E-state index in [1.165, 1.54) is 6.26 Å². The van der Waals surface area contributed by atoms with Gasteiger partial charge in [-0.25, -0.2) is 9.78 Å². The molecule has 0 aliphatic heterocycles. The summed E-state index contributed by atoms with van der Waals surface area (Å²) in [6, 6.07) is 0. The first-order valence-electron chi connectivity index (χ1n) is 3.45. The second-order valence-corrected chi connectivity index (χ2v) is 2.56. The van der Waals surface area contributed by atoms with Gasteiger partial charge in [0.05, 0.1) is 12.3 Å². The quantitative estimate of drug-likeness (QED) is 0.590. The van der Waals surface area contributed by atoms with E-state index in [0.717, 1.165) is 0 Å². The molecule has 0 amide bonds. The van der Waals surface area contributed by atoms with Gasteiger partial charge in [0.2, 0.25) is 0 Å². The van der Waals surface area contributed by atoms with E-state index in [0.29, 0.717) is 17.6 Å². The van der Waals surface area contributed by atoms with Gasteiger partial charge >= 0.3 is 11.9 Å². The molecule has 4 nitrogen and oxygen atoms in total. The van der Waals surface area contributed by atoms with E-state index in [1.807, 2.05) is 0 Å². The Morgan fingerprint density at radius 3 is 3.08 bits per heavy atom. The van der Waals surface area contributed by atoms with Crippen LogP contribution in [-0.2, 0) is 10.1 Å². The molecule has 0 aliphatic rings. The minimum absolute atomic E-state index is 0.00583. The Morgan fingerprint density at radius 2 is 2.58 bits per heavy atom. The fourth-order valence-corrected chi connectivity index (χ4v) is 0.912. The van der Waals surface area contributed by atoms with Crippen LogP contribution >= 0.6 is 15.9 Å². The number of rotatable bonds is 3. The standard InChI is InChI=1S/C7H8BrNO3/c1-2-11-7(10)6-9-5(3-8)4-12-6/h4H,2-3H2,1H3. The Hall–Kier alpha value is -0.840. The summed E-state index contributed by atoms with van der Waals surface area (Å²) >= 11 is 3.18. The Balaban J connectivity index is 2.68. The maximum Gasteiger partial charge on any atom is 0.394 e. The van der Waals surface area contributed by atoms with Crippen molar-refractivity contribution in [3.63, 3.8) is 0 Å². The molecular weight excluding hydrogens is 226 g/mol. The van der Waals surface area contributed by atoms with Crippen molar-refractivity contribution in [1.82, 2.24) is 4.98 Å². The molecule has 1 heterocycles. The third-order valence-electron chi connectivity index (χ3n) is 1.14. The zero-order valence-electron chi connectivity index (χ0n) is 6.54. The number of halogens is 1. The average molecular weight is 234 g/mol. The first-order chi connectivity index (χ1) is 5.77. The summed E-state index contributed by atoms with van der Waals surface area (Å²) in [4.78, 5) is 14.8. The number of ether oxygens (including phenoxy) is 1. The first-order valence-corrected chi connectivity index (χ1v) is 4.57. The molecule has 0 aromatic carbocycles. The summed E-state index contributed by atoms with van der Waals surface area (Å²) in [5, 5.41) is 0.565. The number of hydrogen-bond donors (Lipinski definition) is 0. The van der Waals surface area contributed by atoms with Gasteiger partial charge in [-0.1, -0.05) is 15.9 Å². The van der Waals surface area contributed by atoms with E-state index < -0.39 is 5.97 Å². The summed E-state index contributed by atoms with van der Waals surface area (Å²) in [5.74, 6) is -0.518. The third kappa shape index (κ3) is 2.07. The molecule has 66 valence electrons. The van der Waals surface area contributed by atoms with Crippen molar-refractivity contribution in [2.45, 2.75) is 12.3 Å². The lowest BCUT2D eigenvalue weighted by atomic mass is 10.6. The van der Waals surface area contributed by atoms with Crippen LogP contribution in [0, 0.1) is 0 Å². The van der Waals surface area contributed by atoms with Crippen LogP contribution in [0.15, 0.2) is 10.7 Å². The van der Waals surface area contributed by atoms with E-state index in [1.54, 1.807) is 6.92 Å². The molecule has 0 spiro atoms. The van der Waals surface area contributed by atoms with Crippen LogP contribution in [0.2, 0.25) is 0 Å².